The summed E-state index contributed by atoms with van der Waals surface area (Å²) in [4.78, 5) is 12.0. The molecule has 5 atom stereocenters. The molecule has 0 saturated heterocycles. The Morgan fingerprint density at radius 3 is 2.67 bits per heavy atom. The van der Waals surface area contributed by atoms with E-state index < -0.39 is 12.2 Å². The van der Waals surface area contributed by atoms with Crippen LogP contribution in [0.1, 0.15) is 77.6 Å². The summed E-state index contributed by atoms with van der Waals surface area (Å²) in [5.74, 6) is 0.000997. The van der Waals surface area contributed by atoms with Crippen LogP contribution in [0, 0.1) is 11.8 Å². The molecule has 1 fully saturated rings. The van der Waals surface area contributed by atoms with Gasteiger partial charge in [0, 0.05) is 18.8 Å². The Morgan fingerprint density at radius 2 is 1.88 bits per heavy atom. The molecule has 2 rings (SSSR count). The molecule has 1 aliphatic carbocycles. The van der Waals surface area contributed by atoms with E-state index >= 15 is 0 Å². The zero-order valence-electron chi connectivity index (χ0n) is 15.0. The fourth-order valence-corrected chi connectivity index (χ4v) is 4.05. The van der Waals surface area contributed by atoms with Crippen molar-refractivity contribution in [1.29, 1.82) is 0 Å². The number of hydrogen-bond acceptors (Lipinski definition) is 4. The van der Waals surface area contributed by atoms with E-state index in [1.54, 1.807) is 0 Å². The lowest BCUT2D eigenvalue weighted by Gasteiger charge is -2.21. The molecule has 0 bridgehead atoms. The summed E-state index contributed by atoms with van der Waals surface area (Å²) < 4.78 is 5.65. The first-order valence-electron chi connectivity index (χ1n) is 9.85. The van der Waals surface area contributed by atoms with Gasteiger partial charge in [-0.3, -0.25) is 4.79 Å². The van der Waals surface area contributed by atoms with Gasteiger partial charge in [0.2, 0.25) is 0 Å². The molecule has 4 nitrogen and oxygen atoms in total. The van der Waals surface area contributed by atoms with Gasteiger partial charge in [-0.15, -0.1) is 0 Å². The minimum Gasteiger partial charge on any atom is -0.458 e. The molecular weight excluding hydrogens is 304 g/mol. The highest BCUT2D eigenvalue weighted by Gasteiger charge is 2.39. The van der Waals surface area contributed by atoms with Gasteiger partial charge in [0.15, 0.2) is 0 Å². The van der Waals surface area contributed by atoms with Gasteiger partial charge >= 0.3 is 5.97 Å². The number of carbonyl (C=O) groups excluding carboxylic acids is 1. The van der Waals surface area contributed by atoms with Crippen molar-refractivity contribution in [2.45, 2.75) is 95.9 Å². The second-order valence-corrected chi connectivity index (χ2v) is 7.47. The van der Waals surface area contributed by atoms with Crippen LogP contribution in [-0.4, -0.2) is 34.5 Å². The quantitative estimate of drug-likeness (QED) is 0.465. The van der Waals surface area contributed by atoms with E-state index in [1.165, 1.54) is 0 Å². The first kappa shape index (κ1) is 19.5. The fourth-order valence-electron chi connectivity index (χ4n) is 4.05. The maximum Gasteiger partial charge on any atom is 0.306 e. The summed E-state index contributed by atoms with van der Waals surface area (Å²) in [6, 6.07) is 0. The zero-order valence-corrected chi connectivity index (χ0v) is 15.0. The number of aliphatic hydroxyl groups excluding tert-OH is 2. The number of fused-ring (bicyclic) bond motifs is 1. The van der Waals surface area contributed by atoms with Gasteiger partial charge in [-0.1, -0.05) is 45.1 Å². The fraction of sp³-hybridized carbons (Fsp3) is 0.850. The normalized spacial score (nSPS) is 36.8. The molecule has 1 aliphatic heterocycles. The maximum atomic E-state index is 12.0. The van der Waals surface area contributed by atoms with Crippen molar-refractivity contribution in [2.75, 3.05) is 0 Å². The van der Waals surface area contributed by atoms with Crippen molar-refractivity contribution < 1.29 is 19.7 Å². The van der Waals surface area contributed by atoms with Crippen LogP contribution in [0.5, 0.6) is 0 Å². The second kappa shape index (κ2) is 10.2. The van der Waals surface area contributed by atoms with E-state index in [4.69, 9.17) is 4.74 Å². The Bertz CT molecular complexity index is 406. The predicted molar refractivity (Wildman–Crippen MR) is 94.5 cm³/mol. The number of hydrogen-bond donors (Lipinski definition) is 2. The van der Waals surface area contributed by atoms with E-state index in [2.05, 4.69) is 6.92 Å². The van der Waals surface area contributed by atoms with Gasteiger partial charge < -0.3 is 14.9 Å². The predicted octanol–water partition coefficient (Wildman–Crippen LogP) is 3.75. The Kier molecular flexibility index (Phi) is 8.26. The molecule has 138 valence electrons. The molecule has 1 heterocycles. The van der Waals surface area contributed by atoms with Crippen molar-refractivity contribution in [3.05, 3.63) is 12.2 Å². The van der Waals surface area contributed by atoms with Gasteiger partial charge in [0.05, 0.1) is 12.2 Å². The molecule has 24 heavy (non-hydrogen) atoms. The number of unbranched alkanes of at least 4 members (excludes halogenated alkanes) is 2. The van der Waals surface area contributed by atoms with E-state index in [-0.39, 0.29) is 23.9 Å². The summed E-state index contributed by atoms with van der Waals surface area (Å²) >= 11 is 0. The van der Waals surface area contributed by atoms with Crippen LogP contribution in [0.3, 0.4) is 0 Å². The number of carbonyl (C=O) groups is 1. The third kappa shape index (κ3) is 5.89. The lowest BCUT2D eigenvalue weighted by Crippen LogP contribution is -2.21. The van der Waals surface area contributed by atoms with E-state index in [0.717, 1.165) is 57.8 Å². The largest absolute Gasteiger partial charge is 0.458 e. The number of cyclic esters (lactones) is 1. The van der Waals surface area contributed by atoms with Crippen molar-refractivity contribution >= 4 is 5.97 Å². The van der Waals surface area contributed by atoms with E-state index in [0.29, 0.717) is 12.8 Å². The summed E-state index contributed by atoms with van der Waals surface area (Å²) in [6.45, 7) is 2.16. The molecular formula is C20H34O4. The zero-order chi connectivity index (χ0) is 17.4. The van der Waals surface area contributed by atoms with Crippen molar-refractivity contribution in [1.82, 2.24) is 0 Å². The molecule has 0 amide bonds. The van der Waals surface area contributed by atoms with Crippen molar-refractivity contribution in [3.8, 4) is 0 Å². The molecule has 0 unspecified atom stereocenters. The second-order valence-electron chi connectivity index (χ2n) is 7.47. The summed E-state index contributed by atoms with van der Waals surface area (Å²) in [6.07, 6.45) is 12.9. The highest BCUT2D eigenvalue weighted by atomic mass is 16.5. The van der Waals surface area contributed by atoms with Crippen LogP contribution < -0.4 is 0 Å². The number of aliphatic hydroxyl groups is 2. The lowest BCUT2D eigenvalue weighted by molar-refractivity contribution is -0.147. The molecule has 0 radical (unpaired) electrons. The molecule has 0 aromatic carbocycles. The van der Waals surface area contributed by atoms with E-state index in [1.807, 2.05) is 12.2 Å². The van der Waals surface area contributed by atoms with Crippen LogP contribution in [0.15, 0.2) is 12.2 Å². The molecule has 0 aromatic rings. The highest BCUT2D eigenvalue weighted by Crippen LogP contribution is 2.37. The van der Waals surface area contributed by atoms with E-state index in [9.17, 15) is 15.0 Å². The van der Waals surface area contributed by atoms with Gasteiger partial charge in [-0.2, -0.15) is 0 Å². The SMILES string of the molecule is CCCCC[C@H]1/C=C/[C@@H]2[C@@H](CCCCCCC(=O)O1)[C@@H](O)C[C@H]2O. The maximum absolute atomic E-state index is 12.0. The Balaban J connectivity index is 2.07. The molecule has 1 saturated carbocycles. The minimum absolute atomic E-state index is 0.0202. The average molecular weight is 338 g/mol. The van der Waals surface area contributed by atoms with Crippen molar-refractivity contribution in [2.24, 2.45) is 11.8 Å². The summed E-state index contributed by atoms with van der Waals surface area (Å²) in [5.41, 5.74) is 0. The monoisotopic (exact) mass is 338 g/mol. The van der Waals surface area contributed by atoms with Crippen LogP contribution in [-0.2, 0) is 9.53 Å². The smallest absolute Gasteiger partial charge is 0.306 e. The molecule has 0 aromatic heterocycles. The van der Waals surface area contributed by atoms with Gasteiger partial charge in [0.1, 0.15) is 6.10 Å². The van der Waals surface area contributed by atoms with Crippen LogP contribution >= 0.6 is 0 Å². The third-order valence-corrected chi connectivity index (χ3v) is 5.51. The van der Waals surface area contributed by atoms with Crippen LogP contribution in [0.25, 0.3) is 0 Å². The topological polar surface area (TPSA) is 66.8 Å². The van der Waals surface area contributed by atoms with Crippen LogP contribution in [0.2, 0.25) is 0 Å². The summed E-state index contributed by atoms with van der Waals surface area (Å²) in [5, 5.41) is 20.5. The molecule has 2 aliphatic rings. The van der Waals surface area contributed by atoms with Gasteiger partial charge in [-0.25, -0.2) is 0 Å². The molecule has 0 spiro atoms. The average Bonchev–Trinajstić information content (AvgIpc) is 2.81. The minimum atomic E-state index is -0.488. The summed E-state index contributed by atoms with van der Waals surface area (Å²) in [7, 11) is 0. The van der Waals surface area contributed by atoms with Gasteiger partial charge in [0.25, 0.3) is 0 Å². The highest BCUT2D eigenvalue weighted by molar-refractivity contribution is 5.69. The number of rotatable bonds is 4. The van der Waals surface area contributed by atoms with Crippen molar-refractivity contribution in [3.63, 3.8) is 0 Å². The number of esters is 1. The Labute approximate surface area is 146 Å². The Hall–Kier alpha value is -0.870. The van der Waals surface area contributed by atoms with Gasteiger partial charge in [-0.05, 0) is 37.7 Å². The molecule has 2 N–H and O–H groups in total. The first-order valence-corrected chi connectivity index (χ1v) is 9.85. The first-order chi connectivity index (χ1) is 11.6. The number of ether oxygens (including phenoxy) is 1. The molecule has 4 heteroatoms. The third-order valence-electron chi connectivity index (χ3n) is 5.51. The standard InChI is InChI=1S/C20H34O4/c1-2-3-6-9-15-12-13-17-16(18(21)14-19(17)22)10-7-4-5-8-11-20(23)24-15/h12-13,15-19,21-22H,2-11,14H2,1H3/b13-12+/t15-,16+,17+,18-,19+/m0/s1. The lowest BCUT2D eigenvalue weighted by atomic mass is 9.88. The Morgan fingerprint density at radius 1 is 1.08 bits per heavy atom. The van der Waals surface area contributed by atoms with Crippen LogP contribution in [0.4, 0.5) is 0 Å².